The van der Waals surface area contributed by atoms with Crippen molar-refractivity contribution in [3.63, 3.8) is 0 Å². The topological polar surface area (TPSA) is 36.4 Å². The van der Waals surface area contributed by atoms with Crippen molar-refractivity contribution >= 4 is 44.2 Å². The Morgan fingerprint density at radius 1 is 1.12 bits per heavy atom. The smallest absolute Gasteiger partial charge is 0.260 e. The molecule has 0 bridgehead atoms. The number of nitrogens with zero attached hydrogens (tertiary/aromatic N) is 3. The first-order valence-corrected chi connectivity index (χ1v) is 9.74. The van der Waals surface area contributed by atoms with Gasteiger partial charge in [0.2, 0.25) is 0 Å². The molecule has 0 aliphatic carbocycles. The van der Waals surface area contributed by atoms with Crippen LogP contribution in [0.2, 0.25) is 5.02 Å². The van der Waals surface area contributed by atoms with Gasteiger partial charge in [-0.1, -0.05) is 47.2 Å². The van der Waals surface area contributed by atoms with Crippen LogP contribution in [0.5, 0.6) is 0 Å². The van der Waals surface area contributed by atoms with Gasteiger partial charge in [-0.25, -0.2) is 4.98 Å². The predicted molar refractivity (Wildman–Crippen MR) is 111 cm³/mol. The van der Waals surface area contributed by atoms with Crippen molar-refractivity contribution in [2.24, 2.45) is 0 Å². The number of rotatable bonds is 6. The third-order valence-electron chi connectivity index (χ3n) is 4.20. The van der Waals surface area contributed by atoms with Crippen molar-refractivity contribution in [3.05, 3.63) is 58.6 Å². The molecule has 1 aromatic heterocycles. The number of para-hydroxylation sites is 1. The number of benzene rings is 2. The molecule has 26 heavy (non-hydrogen) atoms. The molecule has 0 atom stereocenters. The average molecular weight is 388 g/mol. The van der Waals surface area contributed by atoms with Gasteiger partial charge in [0.15, 0.2) is 5.13 Å². The summed E-state index contributed by atoms with van der Waals surface area (Å²) >= 11 is 7.78. The molecular formula is C20H22ClN3OS. The van der Waals surface area contributed by atoms with Crippen molar-refractivity contribution < 1.29 is 4.79 Å². The van der Waals surface area contributed by atoms with Crippen LogP contribution in [-0.4, -0.2) is 43.0 Å². The monoisotopic (exact) mass is 387 g/mol. The molecule has 4 nitrogen and oxygen atoms in total. The van der Waals surface area contributed by atoms with Crippen LogP contribution >= 0.6 is 22.9 Å². The fourth-order valence-corrected chi connectivity index (χ4v) is 4.10. The molecule has 1 heterocycles. The first kappa shape index (κ1) is 18.8. The van der Waals surface area contributed by atoms with Crippen molar-refractivity contribution in [1.82, 2.24) is 9.88 Å². The molecule has 1 amide bonds. The van der Waals surface area contributed by atoms with Crippen molar-refractivity contribution in [2.75, 3.05) is 32.1 Å². The lowest BCUT2D eigenvalue weighted by molar-refractivity contribution is 0.0985. The lowest BCUT2D eigenvalue weighted by Crippen LogP contribution is -2.33. The Hall–Kier alpha value is -1.95. The molecule has 6 heteroatoms. The number of aromatic nitrogens is 1. The fraction of sp³-hybridized carbons (Fsp3) is 0.300. The highest BCUT2D eigenvalue weighted by Gasteiger charge is 2.22. The number of anilines is 1. The van der Waals surface area contributed by atoms with Crippen LogP contribution < -0.4 is 4.90 Å². The first-order valence-electron chi connectivity index (χ1n) is 8.54. The Morgan fingerprint density at radius 2 is 1.88 bits per heavy atom. The molecule has 3 rings (SSSR count). The molecule has 0 unspecified atom stereocenters. The second kappa shape index (κ2) is 8.16. The van der Waals surface area contributed by atoms with Crippen LogP contribution in [0.15, 0.2) is 42.5 Å². The number of carbonyl (C=O) groups excluding carboxylic acids is 1. The van der Waals surface area contributed by atoms with Crippen molar-refractivity contribution in [3.8, 4) is 0 Å². The molecule has 0 aliphatic rings. The minimum atomic E-state index is -0.0166. The number of halogens is 1. The number of fused-ring (bicyclic) bond motifs is 1. The highest BCUT2D eigenvalue weighted by Crippen LogP contribution is 2.33. The highest BCUT2D eigenvalue weighted by atomic mass is 35.5. The van der Waals surface area contributed by atoms with Gasteiger partial charge >= 0.3 is 0 Å². The summed E-state index contributed by atoms with van der Waals surface area (Å²) < 4.78 is 0.989. The number of aryl methyl sites for hydroxylation is 1. The summed E-state index contributed by atoms with van der Waals surface area (Å²) in [7, 11) is 4.07. The Labute approximate surface area is 163 Å². The molecule has 2 aromatic carbocycles. The van der Waals surface area contributed by atoms with E-state index >= 15 is 0 Å². The molecule has 0 N–H and O–H groups in total. The molecule has 0 saturated carbocycles. The van der Waals surface area contributed by atoms with E-state index in [-0.39, 0.29) is 5.91 Å². The number of amides is 1. The van der Waals surface area contributed by atoms with Gasteiger partial charge in [0.05, 0.1) is 9.72 Å². The second-order valence-corrected chi connectivity index (χ2v) is 7.93. The average Bonchev–Trinajstić information content (AvgIpc) is 3.03. The SMILES string of the molecule is Cc1ccccc1C(=O)N(CCCN(C)C)c1nc2c(Cl)cccc2s1. The fourth-order valence-electron chi connectivity index (χ4n) is 2.81. The van der Waals surface area contributed by atoms with E-state index in [0.717, 1.165) is 28.7 Å². The second-order valence-electron chi connectivity index (χ2n) is 6.51. The zero-order valence-electron chi connectivity index (χ0n) is 15.2. The van der Waals surface area contributed by atoms with E-state index in [1.54, 1.807) is 4.90 Å². The lowest BCUT2D eigenvalue weighted by Gasteiger charge is -2.21. The van der Waals surface area contributed by atoms with Gasteiger partial charge in [-0.15, -0.1) is 0 Å². The maximum Gasteiger partial charge on any atom is 0.260 e. The van der Waals surface area contributed by atoms with Crippen LogP contribution in [0.1, 0.15) is 22.3 Å². The zero-order valence-corrected chi connectivity index (χ0v) is 16.8. The third kappa shape index (κ3) is 4.06. The van der Waals surface area contributed by atoms with E-state index in [0.29, 0.717) is 22.3 Å². The van der Waals surface area contributed by atoms with Gasteiger partial charge in [-0.3, -0.25) is 9.69 Å². The number of carbonyl (C=O) groups is 1. The number of hydrogen-bond acceptors (Lipinski definition) is 4. The Kier molecular flexibility index (Phi) is 5.91. The Bertz CT molecular complexity index is 922. The van der Waals surface area contributed by atoms with E-state index in [4.69, 9.17) is 11.6 Å². The van der Waals surface area contributed by atoms with Crippen LogP contribution in [0, 0.1) is 6.92 Å². The van der Waals surface area contributed by atoms with Gasteiger partial charge in [0.25, 0.3) is 5.91 Å². The quantitative estimate of drug-likeness (QED) is 0.606. The summed E-state index contributed by atoms with van der Waals surface area (Å²) in [4.78, 5) is 21.8. The minimum Gasteiger partial charge on any atom is -0.309 e. The van der Waals surface area contributed by atoms with Crippen LogP contribution in [0.25, 0.3) is 10.2 Å². The van der Waals surface area contributed by atoms with E-state index in [1.807, 2.05) is 63.5 Å². The number of hydrogen-bond donors (Lipinski definition) is 0. The number of thiazole rings is 1. The van der Waals surface area contributed by atoms with Gasteiger partial charge in [-0.2, -0.15) is 0 Å². The summed E-state index contributed by atoms with van der Waals surface area (Å²) in [5.74, 6) is -0.0166. The Balaban J connectivity index is 1.97. The summed E-state index contributed by atoms with van der Waals surface area (Å²) in [5.41, 5.74) is 2.43. The zero-order chi connectivity index (χ0) is 18.7. The Morgan fingerprint density at radius 3 is 2.58 bits per heavy atom. The normalized spacial score (nSPS) is 11.3. The summed E-state index contributed by atoms with van der Waals surface area (Å²) in [6, 6.07) is 13.4. The van der Waals surface area contributed by atoms with Gasteiger partial charge in [0, 0.05) is 12.1 Å². The van der Waals surface area contributed by atoms with Crippen molar-refractivity contribution in [2.45, 2.75) is 13.3 Å². The van der Waals surface area contributed by atoms with E-state index in [9.17, 15) is 4.79 Å². The predicted octanol–water partition coefficient (Wildman–Crippen LogP) is 4.86. The molecule has 0 radical (unpaired) electrons. The third-order valence-corrected chi connectivity index (χ3v) is 5.55. The minimum absolute atomic E-state index is 0.0166. The van der Waals surface area contributed by atoms with E-state index in [1.165, 1.54) is 11.3 Å². The lowest BCUT2D eigenvalue weighted by atomic mass is 10.1. The molecule has 0 spiro atoms. The maximum atomic E-state index is 13.2. The van der Waals surface area contributed by atoms with E-state index in [2.05, 4.69) is 9.88 Å². The van der Waals surface area contributed by atoms with Gasteiger partial charge < -0.3 is 4.90 Å². The summed E-state index contributed by atoms with van der Waals surface area (Å²) in [5, 5.41) is 1.31. The van der Waals surface area contributed by atoms with Gasteiger partial charge in [0.1, 0.15) is 5.52 Å². The van der Waals surface area contributed by atoms with Crippen LogP contribution in [0.4, 0.5) is 5.13 Å². The standard InChI is InChI=1S/C20H22ClN3OS/c1-14-8-4-5-9-15(14)19(25)24(13-7-12-23(2)3)20-22-18-16(21)10-6-11-17(18)26-20/h4-6,8-11H,7,12-13H2,1-3H3. The van der Waals surface area contributed by atoms with Gasteiger partial charge in [-0.05, 0) is 57.7 Å². The summed E-state index contributed by atoms with van der Waals surface area (Å²) in [6.07, 6.45) is 0.869. The van der Waals surface area contributed by atoms with Crippen LogP contribution in [-0.2, 0) is 0 Å². The highest BCUT2D eigenvalue weighted by molar-refractivity contribution is 7.22. The molecule has 0 saturated heterocycles. The maximum absolute atomic E-state index is 13.2. The molecule has 136 valence electrons. The van der Waals surface area contributed by atoms with Crippen LogP contribution in [0.3, 0.4) is 0 Å². The van der Waals surface area contributed by atoms with E-state index < -0.39 is 0 Å². The molecular weight excluding hydrogens is 366 g/mol. The molecule has 3 aromatic rings. The van der Waals surface area contributed by atoms with Crippen molar-refractivity contribution in [1.29, 1.82) is 0 Å². The molecule has 0 fully saturated rings. The largest absolute Gasteiger partial charge is 0.309 e. The summed E-state index contributed by atoms with van der Waals surface area (Å²) in [6.45, 7) is 3.48. The first-order chi connectivity index (χ1) is 12.5. The molecule has 0 aliphatic heterocycles.